The van der Waals surface area contributed by atoms with E-state index in [1.54, 1.807) is 0 Å². The maximum atomic E-state index is 3.77. The lowest BCUT2D eigenvalue weighted by atomic mass is 9.97. The van der Waals surface area contributed by atoms with Crippen molar-refractivity contribution in [2.24, 2.45) is 5.92 Å². The lowest BCUT2D eigenvalue weighted by Crippen LogP contribution is -2.56. The Hall–Kier alpha value is -0.860. The summed E-state index contributed by atoms with van der Waals surface area (Å²) in [6, 6.07) is 10.2. The zero-order chi connectivity index (χ0) is 15.2. The second-order valence-electron chi connectivity index (χ2n) is 7.03. The van der Waals surface area contributed by atoms with Crippen LogP contribution in [0.2, 0.25) is 0 Å². The molecule has 0 radical (unpaired) electrons. The van der Waals surface area contributed by atoms with Crippen LogP contribution < -0.4 is 5.32 Å². The minimum absolute atomic E-state index is 0.655. The van der Waals surface area contributed by atoms with E-state index in [1.165, 1.54) is 36.9 Å². The van der Waals surface area contributed by atoms with E-state index < -0.39 is 0 Å². The summed E-state index contributed by atoms with van der Waals surface area (Å²) >= 11 is 0. The van der Waals surface area contributed by atoms with Gasteiger partial charge in [-0.05, 0) is 36.8 Å². The molecule has 0 bridgehead atoms. The average molecular weight is 288 g/mol. The van der Waals surface area contributed by atoms with Gasteiger partial charge in [-0.1, -0.05) is 51.5 Å². The fourth-order valence-corrected chi connectivity index (χ4v) is 3.47. The first-order chi connectivity index (χ1) is 10.1. The summed E-state index contributed by atoms with van der Waals surface area (Å²) in [5.74, 6) is 0.769. The maximum Gasteiger partial charge on any atom is 0.0240 e. The van der Waals surface area contributed by atoms with Gasteiger partial charge in [-0.25, -0.2) is 0 Å². The Morgan fingerprint density at radius 3 is 2.71 bits per heavy atom. The second kappa shape index (κ2) is 7.95. The van der Waals surface area contributed by atoms with Gasteiger partial charge in [0, 0.05) is 31.7 Å². The van der Waals surface area contributed by atoms with Crippen LogP contribution in [0.5, 0.6) is 0 Å². The number of hydrogen-bond acceptors (Lipinski definition) is 2. The predicted octanol–water partition coefficient (Wildman–Crippen LogP) is 3.98. The molecule has 2 unspecified atom stereocenters. The Morgan fingerprint density at radius 1 is 1.29 bits per heavy atom. The molecule has 0 aliphatic carbocycles. The quantitative estimate of drug-likeness (QED) is 0.851. The summed E-state index contributed by atoms with van der Waals surface area (Å²) in [5, 5.41) is 3.77. The smallest absolute Gasteiger partial charge is 0.0240 e. The fraction of sp³-hybridized carbons (Fsp3) is 0.684. The molecule has 1 N–H and O–H groups in total. The van der Waals surface area contributed by atoms with Gasteiger partial charge in [-0.3, -0.25) is 4.90 Å². The third-order valence-corrected chi connectivity index (χ3v) is 4.63. The van der Waals surface area contributed by atoms with Crippen molar-refractivity contribution < 1.29 is 0 Å². The molecule has 2 rings (SSSR count). The Labute approximate surface area is 130 Å². The number of aryl methyl sites for hydroxylation is 1. The number of hydrogen-bond donors (Lipinski definition) is 1. The molecule has 1 aliphatic heterocycles. The first-order valence-electron chi connectivity index (χ1n) is 8.62. The molecule has 1 heterocycles. The van der Waals surface area contributed by atoms with Crippen LogP contribution in [0, 0.1) is 12.8 Å². The van der Waals surface area contributed by atoms with E-state index >= 15 is 0 Å². The van der Waals surface area contributed by atoms with Crippen LogP contribution in [-0.4, -0.2) is 30.1 Å². The van der Waals surface area contributed by atoms with Crippen LogP contribution in [0.3, 0.4) is 0 Å². The van der Waals surface area contributed by atoms with Crippen LogP contribution in [0.1, 0.15) is 51.2 Å². The number of piperazine rings is 1. The Bertz CT molecular complexity index is 427. The predicted molar refractivity (Wildman–Crippen MR) is 91.5 cm³/mol. The van der Waals surface area contributed by atoms with Gasteiger partial charge in [0.2, 0.25) is 0 Å². The van der Waals surface area contributed by atoms with Gasteiger partial charge in [0.05, 0.1) is 0 Å². The lowest BCUT2D eigenvalue weighted by Gasteiger charge is -2.41. The number of rotatable bonds is 6. The van der Waals surface area contributed by atoms with Gasteiger partial charge in [-0.2, -0.15) is 0 Å². The molecule has 1 aliphatic rings. The molecule has 0 aromatic heterocycles. The van der Waals surface area contributed by atoms with E-state index in [-0.39, 0.29) is 0 Å². The first-order valence-corrected chi connectivity index (χ1v) is 8.62. The minimum atomic E-state index is 0.655. The summed E-state index contributed by atoms with van der Waals surface area (Å²) in [5.41, 5.74) is 2.91. The van der Waals surface area contributed by atoms with Crippen LogP contribution in [-0.2, 0) is 6.54 Å². The molecule has 0 saturated carbocycles. The van der Waals surface area contributed by atoms with Gasteiger partial charge in [-0.15, -0.1) is 0 Å². The Morgan fingerprint density at radius 2 is 2.05 bits per heavy atom. The lowest BCUT2D eigenvalue weighted by molar-refractivity contribution is 0.107. The molecular formula is C19H32N2. The van der Waals surface area contributed by atoms with E-state index in [1.807, 2.05) is 0 Å². The molecular weight excluding hydrogens is 256 g/mol. The third-order valence-electron chi connectivity index (χ3n) is 4.63. The molecule has 0 spiro atoms. The van der Waals surface area contributed by atoms with E-state index in [0.29, 0.717) is 12.1 Å². The average Bonchev–Trinajstić information content (AvgIpc) is 2.44. The molecule has 1 fully saturated rings. The van der Waals surface area contributed by atoms with E-state index in [0.717, 1.165) is 19.0 Å². The van der Waals surface area contributed by atoms with Crippen molar-refractivity contribution in [1.82, 2.24) is 10.2 Å². The molecule has 2 heteroatoms. The van der Waals surface area contributed by atoms with Crippen molar-refractivity contribution in [1.29, 1.82) is 0 Å². The highest BCUT2D eigenvalue weighted by atomic mass is 15.2. The Balaban J connectivity index is 2.05. The van der Waals surface area contributed by atoms with E-state index in [9.17, 15) is 0 Å². The summed E-state index contributed by atoms with van der Waals surface area (Å²) in [7, 11) is 0. The van der Waals surface area contributed by atoms with E-state index in [4.69, 9.17) is 0 Å². The van der Waals surface area contributed by atoms with Crippen molar-refractivity contribution >= 4 is 0 Å². The topological polar surface area (TPSA) is 15.3 Å². The van der Waals surface area contributed by atoms with Crippen LogP contribution >= 0.6 is 0 Å². The monoisotopic (exact) mass is 288 g/mol. The maximum absolute atomic E-state index is 3.77. The zero-order valence-electron chi connectivity index (χ0n) is 14.2. The first kappa shape index (κ1) is 16.5. The summed E-state index contributed by atoms with van der Waals surface area (Å²) in [6.07, 6.45) is 3.85. The highest BCUT2D eigenvalue weighted by molar-refractivity contribution is 5.25. The standard InChI is InChI=1S/C19H32N2/c1-5-8-19-12-20-18(11-15(2)3)14-21(19)13-17-10-7-6-9-16(17)4/h6-7,9-10,15,18-20H,5,8,11-14H2,1-4H3. The number of benzene rings is 1. The molecule has 0 amide bonds. The van der Waals surface area contributed by atoms with Crippen LogP contribution in [0.4, 0.5) is 0 Å². The highest BCUT2D eigenvalue weighted by Crippen LogP contribution is 2.20. The third kappa shape index (κ3) is 4.82. The summed E-state index contributed by atoms with van der Waals surface area (Å²) in [4.78, 5) is 2.72. The highest BCUT2D eigenvalue weighted by Gasteiger charge is 2.27. The number of nitrogens with one attached hydrogen (secondary N) is 1. The molecule has 1 aromatic carbocycles. The van der Waals surface area contributed by atoms with Crippen molar-refractivity contribution in [2.75, 3.05) is 13.1 Å². The van der Waals surface area contributed by atoms with Crippen LogP contribution in [0.15, 0.2) is 24.3 Å². The molecule has 1 saturated heterocycles. The van der Waals surface area contributed by atoms with Gasteiger partial charge in [0.15, 0.2) is 0 Å². The van der Waals surface area contributed by atoms with Crippen molar-refractivity contribution in [3.05, 3.63) is 35.4 Å². The Kier molecular flexibility index (Phi) is 6.25. The SMILES string of the molecule is CCCC1CNC(CC(C)C)CN1Cc1ccccc1C. The molecule has 1 aromatic rings. The molecule has 2 atom stereocenters. The van der Waals surface area contributed by atoms with Gasteiger partial charge in [0.1, 0.15) is 0 Å². The molecule has 2 nitrogen and oxygen atoms in total. The van der Waals surface area contributed by atoms with Gasteiger partial charge < -0.3 is 5.32 Å². The van der Waals surface area contributed by atoms with Gasteiger partial charge in [0.25, 0.3) is 0 Å². The second-order valence-corrected chi connectivity index (χ2v) is 7.03. The van der Waals surface area contributed by atoms with Crippen molar-refractivity contribution in [2.45, 2.75) is 65.6 Å². The summed E-state index contributed by atoms with van der Waals surface area (Å²) < 4.78 is 0. The summed E-state index contributed by atoms with van der Waals surface area (Å²) in [6.45, 7) is 12.6. The van der Waals surface area contributed by atoms with E-state index in [2.05, 4.69) is 62.2 Å². The fourth-order valence-electron chi connectivity index (χ4n) is 3.47. The molecule has 118 valence electrons. The largest absolute Gasteiger partial charge is 0.311 e. The van der Waals surface area contributed by atoms with Crippen LogP contribution in [0.25, 0.3) is 0 Å². The van der Waals surface area contributed by atoms with Gasteiger partial charge >= 0.3 is 0 Å². The minimum Gasteiger partial charge on any atom is -0.311 e. The van der Waals surface area contributed by atoms with Crippen molar-refractivity contribution in [3.8, 4) is 0 Å². The molecule has 21 heavy (non-hydrogen) atoms. The normalized spacial score (nSPS) is 23.7. The number of nitrogens with zero attached hydrogens (tertiary/aromatic N) is 1. The zero-order valence-corrected chi connectivity index (χ0v) is 14.2. The van der Waals surface area contributed by atoms with Crippen molar-refractivity contribution in [3.63, 3.8) is 0 Å².